The number of aliphatic hydroxyl groups is 21. The number of rotatable bonds is 22. The molecular formula is C63H100O36. The van der Waals surface area contributed by atoms with Crippen molar-refractivity contribution in [2.45, 2.75) is 298 Å². The van der Waals surface area contributed by atoms with E-state index < -0.39 is 271 Å². The third kappa shape index (κ3) is 18.5. The van der Waals surface area contributed by atoms with Gasteiger partial charge in [-0.2, -0.15) is 0 Å². The first-order chi connectivity index (χ1) is 47.2. The van der Waals surface area contributed by atoms with E-state index in [0.717, 1.165) is 12.2 Å². The monoisotopic (exact) mass is 1430 g/mol. The molecule has 0 spiro atoms. The third-order valence-electron chi connectivity index (χ3n) is 21.2. The van der Waals surface area contributed by atoms with Crippen LogP contribution in [0.2, 0.25) is 0 Å². The Morgan fingerprint density at radius 2 is 0.677 bits per heavy atom. The van der Waals surface area contributed by atoms with Crippen molar-refractivity contribution in [2.24, 2.45) is 23.7 Å². The van der Waals surface area contributed by atoms with Gasteiger partial charge in [-0.1, -0.05) is 12.2 Å². The fourth-order valence-electron chi connectivity index (χ4n) is 15.2. The van der Waals surface area contributed by atoms with Gasteiger partial charge in [-0.25, -0.2) is 9.59 Å². The first-order valence-electron chi connectivity index (χ1n) is 34.1. The minimum Gasteiger partial charge on any atom is -0.460 e. The molecule has 10 fully saturated rings. The molecule has 8 unspecified atom stereocenters. The molecule has 99 heavy (non-hydrogen) atoms. The van der Waals surface area contributed by atoms with Crippen molar-refractivity contribution in [3.63, 3.8) is 0 Å². The zero-order chi connectivity index (χ0) is 71.4. The lowest BCUT2D eigenvalue weighted by atomic mass is 9.72. The van der Waals surface area contributed by atoms with Crippen molar-refractivity contribution >= 4 is 11.9 Å². The van der Waals surface area contributed by atoms with Crippen LogP contribution in [-0.2, 0) is 71.2 Å². The normalized spacial score (nSPS) is 50.2. The second-order valence-electron chi connectivity index (χ2n) is 27.9. The summed E-state index contributed by atoms with van der Waals surface area (Å²) in [6.45, 7) is -3.53. The van der Waals surface area contributed by atoms with E-state index in [1.54, 1.807) is 12.2 Å². The summed E-state index contributed by atoms with van der Waals surface area (Å²) in [5.41, 5.74) is 0. The fourth-order valence-corrected chi connectivity index (χ4v) is 15.2. The average Bonchev–Trinajstić information content (AvgIpc) is 0.763. The molecule has 6 aliphatic heterocycles. The minimum absolute atomic E-state index is 0.00944. The molecule has 6 saturated heterocycles. The van der Waals surface area contributed by atoms with E-state index in [9.17, 15) is 117 Å². The summed E-state index contributed by atoms with van der Waals surface area (Å²) >= 11 is 0. The van der Waals surface area contributed by atoms with Crippen LogP contribution in [0.4, 0.5) is 0 Å². The Balaban J connectivity index is 0.807. The van der Waals surface area contributed by atoms with Gasteiger partial charge < -0.3 is 169 Å². The smallest absolute Gasteiger partial charge is 0.330 e. The summed E-state index contributed by atoms with van der Waals surface area (Å²) in [5, 5.41) is 225. The molecule has 36 heteroatoms. The molecule has 10 rings (SSSR count). The van der Waals surface area contributed by atoms with Gasteiger partial charge in [-0.05, 0) is 101 Å². The Hall–Kier alpha value is -2.86. The highest BCUT2D eigenvalue weighted by atomic mass is 16.8. The van der Waals surface area contributed by atoms with Crippen LogP contribution in [-0.4, -0.2) is 367 Å². The van der Waals surface area contributed by atoms with E-state index in [4.69, 9.17) is 61.6 Å². The minimum atomic E-state index is -2.07. The number of hydrogen-bond acceptors (Lipinski definition) is 36. The molecule has 6 heterocycles. The Morgan fingerprint density at radius 1 is 0.343 bits per heavy atom. The van der Waals surface area contributed by atoms with E-state index in [0.29, 0.717) is 51.4 Å². The maximum atomic E-state index is 13.2. The van der Waals surface area contributed by atoms with Gasteiger partial charge in [-0.3, -0.25) is 0 Å². The molecule has 4 aliphatic carbocycles. The average molecular weight is 1430 g/mol. The SMILES string of the molecule is O=C(C=CC1CCC(O[C@@H]2O[C@H](CO)[C@@H](O)[C@H](O)[C@H]2O)CC1)OC[C@H]1O[C@@H](OC2CC(C3OC4CC(O)CC(O)C4CC3O[C@@H]3O[C@H](CO)[C@@H](O)[C@H](O)[C@H]3O)CC(O[C@@H]3O[C@H](COC(=O)C=CC4CCC(O[C@@H]5O[C@H](CO)[C@@H](O)[C@H](O)[C@H]5O)CC4)[C@@H](O)[C@H](O)[C@H]3O)C2O)[C@H](O)[C@@H](O)[C@@H]1O. The highest BCUT2D eigenvalue weighted by Crippen LogP contribution is 2.46. The number of esters is 2. The van der Waals surface area contributed by atoms with Crippen LogP contribution in [0, 0.1) is 23.7 Å². The lowest BCUT2D eigenvalue weighted by Crippen LogP contribution is -2.64. The lowest BCUT2D eigenvalue weighted by molar-refractivity contribution is -0.349. The maximum Gasteiger partial charge on any atom is 0.330 e. The molecule has 568 valence electrons. The van der Waals surface area contributed by atoms with E-state index in [1.807, 2.05) is 0 Å². The zero-order valence-electron chi connectivity index (χ0n) is 54.1. The van der Waals surface area contributed by atoms with Gasteiger partial charge >= 0.3 is 11.9 Å². The van der Waals surface area contributed by atoms with Crippen LogP contribution < -0.4 is 0 Å². The van der Waals surface area contributed by atoms with Crippen LogP contribution in [0.1, 0.15) is 83.5 Å². The molecule has 10 aliphatic rings. The van der Waals surface area contributed by atoms with E-state index in [2.05, 4.69) is 0 Å². The fraction of sp³-hybridized carbons (Fsp3) is 0.905. The Labute approximate surface area is 567 Å². The summed E-state index contributed by atoms with van der Waals surface area (Å²) in [6, 6.07) is 0. The third-order valence-corrected chi connectivity index (χ3v) is 21.2. The van der Waals surface area contributed by atoms with Crippen molar-refractivity contribution in [2.75, 3.05) is 33.0 Å². The van der Waals surface area contributed by atoms with E-state index in [1.165, 1.54) is 0 Å². The number of hydrogen-bond donors (Lipinski definition) is 21. The van der Waals surface area contributed by atoms with Gasteiger partial charge in [-0.15, -0.1) is 0 Å². The molecule has 0 amide bonds. The summed E-state index contributed by atoms with van der Waals surface area (Å²) < 4.78 is 76.9. The van der Waals surface area contributed by atoms with Crippen molar-refractivity contribution in [1.29, 1.82) is 0 Å². The van der Waals surface area contributed by atoms with Crippen molar-refractivity contribution in [1.82, 2.24) is 0 Å². The van der Waals surface area contributed by atoms with Crippen LogP contribution >= 0.6 is 0 Å². The quantitative estimate of drug-likeness (QED) is 0.0353. The van der Waals surface area contributed by atoms with Crippen LogP contribution in [0.25, 0.3) is 0 Å². The number of carbonyl (C=O) groups is 2. The zero-order valence-corrected chi connectivity index (χ0v) is 54.1. The molecule has 36 nitrogen and oxygen atoms in total. The number of allylic oxidation sites excluding steroid dienone is 2. The molecular weight excluding hydrogens is 1330 g/mol. The van der Waals surface area contributed by atoms with Crippen molar-refractivity contribution in [3.05, 3.63) is 24.3 Å². The van der Waals surface area contributed by atoms with E-state index >= 15 is 0 Å². The first kappa shape index (κ1) is 78.7. The molecule has 0 aromatic heterocycles. The maximum absolute atomic E-state index is 13.2. The second kappa shape index (κ2) is 35.0. The van der Waals surface area contributed by atoms with Crippen LogP contribution in [0.3, 0.4) is 0 Å². The summed E-state index contributed by atoms with van der Waals surface area (Å²) in [7, 11) is 0. The Morgan fingerprint density at radius 3 is 1.04 bits per heavy atom. The van der Waals surface area contributed by atoms with Crippen molar-refractivity contribution < 1.29 is 178 Å². The lowest BCUT2D eigenvalue weighted by Gasteiger charge is -2.52. The molecule has 0 radical (unpaired) electrons. The van der Waals surface area contributed by atoms with Crippen LogP contribution in [0.5, 0.6) is 0 Å². The number of fused-ring (bicyclic) bond motifs is 1. The number of aliphatic hydroxyl groups excluding tert-OH is 21. The topological polar surface area (TPSA) is 579 Å². The standard InChI is InChI=1S/C63H100O36/c64-18-35-43(72)48(77)53(82)59(95-35)89-27-7-1-23(2-8-27)5-11-40(69)87-21-38-46(75)51(80)56(85)61(98-38)92-32-13-25(58-34(17-29-30(68)15-26(67)16-31(29)91-58)94-63-55(84)50(79)45(74)37(20-66)97-63)14-33(42(32)71)93-62-57(86)52(81)47(76)39(99-62)22-88-41(70)12-6-24-3-9-28(10-4-24)90-60-54(83)49(78)44(73)36(19-65)96-60/h5-6,11-12,23-39,42-68,71-86H,1-4,7-10,13-22H2/t23?,24?,25?,26?,27?,28?,29?,30?,31?,32?,33?,34?,35-,36-,37-,38-,39-,42?,43-,44-,45-,46-,47-,48+,49+,50+,51+,52+,53-,54-,55-,56-,57-,58?,59-,60-,61-,62-,63-/m1/s1. The summed E-state index contributed by atoms with van der Waals surface area (Å²) in [5.74, 6) is -3.86. The molecule has 0 aromatic carbocycles. The van der Waals surface area contributed by atoms with Gasteiger partial charge in [0.15, 0.2) is 31.5 Å². The van der Waals surface area contributed by atoms with Gasteiger partial charge in [0, 0.05) is 18.1 Å². The highest BCUT2D eigenvalue weighted by Gasteiger charge is 2.57. The largest absolute Gasteiger partial charge is 0.460 e. The Kier molecular flexibility index (Phi) is 27.9. The van der Waals surface area contributed by atoms with E-state index in [-0.39, 0.29) is 43.9 Å². The number of ether oxygens (including phenoxy) is 13. The van der Waals surface area contributed by atoms with Gasteiger partial charge in [0.05, 0.1) is 74.8 Å². The second-order valence-corrected chi connectivity index (χ2v) is 27.9. The summed E-state index contributed by atoms with van der Waals surface area (Å²) in [6.07, 6.45) is -45.4. The molecule has 0 aromatic rings. The van der Waals surface area contributed by atoms with Gasteiger partial charge in [0.2, 0.25) is 0 Å². The first-order valence-corrected chi connectivity index (χ1v) is 34.1. The number of carbonyl (C=O) groups excluding carboxylic acids is 2. The van der Waals surface area contributed by atoms with Crippen molar-refractivity contribution in [3.8, 4) is 0 Å². The predicted octanol–water partition coefficient (Wildman–Crippen LogP) is -9.43. The molecule has 33 atom stereocenters. The van der Waals surface area contributed by atoms with Gasteiger partial charge in [0.25, 0.3) is 0 Å². The molecule has 21 N–H and O–H groups in total. The highest BCUT2D eigenvalue weighted by molar-refractivity contribution is 5.82. The van der Waals surface area contributed by atoms with Gasteiger partial charge in [0.1, 0.15) is 141 Å². The van der Waals surface area contributed by atoms with Crippen LogP contribution in [0.15, 0.2) is 24.3 Å². The Bertz CT molecular complexity index is 2450. The predicted molar refractivity (Wildman–Crippen MR) is 320 cm³/mol. The summed E-state index contributed by atoms with van der Waals surface area (Å²) in [4.78, 5) is 26.3. The molecule has 4 saturated carbocycles. The molecule has 0 bridgehead atoms.